The molecule has 0 saturated heterocycles. The predicted molar refractivity (Wildman–Crippen MR) is 50.4 cm³/mol. The Bertz CT molecular complexity index is 276. The Hall–Kier alpha value is -0.260. The summed E-state index contributed by atoms with van der Waals surface area (Å²) >= 11 is 5.56. The van der Waals surface area contributed by atoms with Crippen LogP contribution in [0, 0.1) is 13.8 Å². The average molecular weight is 189 g/mol. The van der Waals surface area contributed by atoms with E-state index in [1.165, 1.54) is 0 Å². The molecule has 0 aliphatic heterocycles. The lowest BCUT2D eigenvalue weighted by Crippen LogP contribution is -2.03. The van der Waals surface area contributed by atoms with Gasteiger partial charge in [-0.2, -0.15) is 0 Å². The van der Waals surface area contributed by atoms with Crippen molar-refractivity contribution in [3.63, 3.8) is 0 Å². The molecule has 1 atom stereocenters. The van der Waals surface area contributed by atoms with E-state index in [4.69, 9.17) is 11.2 Å². The average Bonchev–Trinajstić information content (AvgIpc) is 1.85. The lowest BCUT2D eigenvalue weighted by molar-refractivity contribution is 0.600. The maximum absolute atomic E-state index is 11.0. The molecule has 0 heterocycles. The zero-order valence-corrected chi connectivity index (χ0v) is 8.27. The Morgan fingerprint density at radius 1 is 1.27 bits per heavy atom. The first-order valence-corrected chi connectivity index (χ1v) is 5.81. The molecule has 0 fully saturated rings. The highest BCUT2D eigenvalue weighted by atomic mass is 35.7. The molecule has 0 spiro atoms. The maximum atomic E-state index is 11.0. The highest BCUT2D eigenvalue weighted by Crippen LogP contribution is 2.28. The van der Waals surface area contributed by atoms with E-state index in [9.17, 15) is 4.57 Å². The van der Waals surface area contributed by atoms with E-state index in [-0.39, 0.29) is 0 Å². The summed E-state index contributed by atoms with van der Waals surface area (Å²) in [5.41, 5.74) is 2.03. The van der Waals surface area contributed by atoms with Gasteiger partial charge in [0, 0.05) is 5.30 Å². The van der Waals surface area contributed by atoms with Gasteiger partial charge in [0.2, 0.25) is 0 Å². The third-order valence-electron chi connectivity index (χ3n) is 1.68. The molecule has 0 aliphatic rings. The molecule has 0 radical (unpaired) electrons. The highest BCUT2D eigenvalue weighted by Gasteiger charge is 2.05. The largest absolute Gasteiger partial charge is 0.305 e. The minimum atomic E-state index is -2.05. The fraction of sp³-hybridized carbons (Fsp3) is 0.250. The summed E-state index contributed by atoms with van der Waals surface area (Å²) in [7, 11) is -2.05. The molecule has 1 nitrogen and oxygen atoms in total. The first-order valence-electron chi connectivity index (χ1n) is 3.39. The van der Waals surface area contributed by atoms with E-state index in [0.717, 1.165) is 16.4 Å². The van der Waals surface area contributed by atoms with Crippen LogP contribution in [-0.4, -0.2) is 0 Å². The summed E-state index contributed by atoms with van der Waals surface area (Å²) in [6, 6.07) is 5.79. The maximum Gasteiger partial charge on any atom is 0.186 e. The van der Waals surface area contributed by atoms with E-state index >= 15 is 0 Å². The van der Waals surface area contributed by atoms with Crippen LogP contribution in [-0.2, 0) is 4.57 Å². The van der Waals surface area contributed by atoms with Crippen molar-refractivity contribution in [1.29, 1.82) is 0 Å². The molecule has 1 unspecified atom stereocenters. The van der Waals surface area contributed by atoms with Crippen LogP contribution in [0.25, 0.3) is 0 Å². The van der Waals surface area contributed by atoms with Crippen molar-refractivity contribution in [2.45, 2.75) is 13.8 Å². The molecular weight excluding hydrogens is 179 g/mol. The first kappa shape index (κ1) is 8.83. The topological polar surface area (TPSA) is 17.1 Å². The molecule has 3 heteroatoms. The van der Waals surface area contributed by atoms with E-state index in [2.05, 4.69) is 0 Å². The zero-order valence-electron chi connectivity index (χ0n) is 6.52. The Kier molecular flexibility index (Phi) is 2.75. The lowest BCUT2D eigenvalue weighted by atomic mass is 10.2. The number of halogens is 1. The van der Waals surface area contributed by atoms with Gasteiger partial charge in [-0.25, -0.2) is 0 Å². The van der Waals surface area contributed by atoms with Crippen molar-refractivity contribution in [3.8, 4) is 0 Å². The van der Waals surface area contributed by atoms with Crippen molar-refractivity contribution in [3.05, 3.63) is 29.3 Å². The van der Waals surface area contributed by atoms with Gasteiger partial charge in [-0.3, -0.25) is 0 Å². The predicted octanol–water partition coefficient (Wildman–Crippen LogP) is 2.64. The second-order valence-electron chi connectivity index (χ2n) is 2.54. The quantitative estimate of drug-likeness (QED) is 0.620. The van der Waals surface area contributed by atoms with Crippen molar-refractivity contribution in [2.24, 2.45) is 0 Å². The monoisotopic (exact) mass is 188 g/mol. The number of rotatable bonds is 1. The normalized spacial score (nSPS) is 13.0. The molecule has 0 bridgehead atoms. The smallest absolute Gasteiger partial charge is 0.186 e. The van der Waals surface area contributed by atoms with Crippen LogP contribution in [0.15, 0.2) is 18.2 Å². The van der Waals surface area contributed by atoms with Crippen LogP contribution in [0.2, 0.25) is 0 Å². The van der Waals surface area contributed by atoms with Crippen LogP contribution in [0.1, 0.15) is 11.1 Å². The van der Waals surface area contributed by atoms with Gasteiger partial charge < -0.3 is 4.57 Å². The van der Waals surface area contributed by atoms with Gasteiger partial charge in [-0.1, -0.05) is 29.4 Å². The summed E-state index contributed by atoms with van der Waals surface area (Å²) in [5, 5.41) is 0.819. The van der Waals surface area contributed by atoms with Crippen molar-refractivity contribution in [2.75, 3.05) is 0 Å². The SMILES string of the molecule is Cc1cccc(C)c1[PH](=O)Cl. The summed E-state index contributed by atoms with van der Waals surface area (Å²) in [6.45, 7) is 3.85. The Morgan fingerprint density at radius 2 is 1.73 bits per heavy atom. The first-order chi connectivity index (χ1) is 5.13. The molecule has 0 N–H and O–H groups in total. The molecule has 1 aromatic rings. The third-order valence-corrected chi connectivity index (χ3v) is 3.43. The van der Waals surface area contributed by atoms with Crippen molar-refractivity contribution < 1.29 is 4.57 Å². The molecular formula is C8H10ClOP. The summed E-state index contributed by atoms with van der Waals surface area (Å²) < 4.78 is 11.0. The molecule has 0 saturated carbocycles. The van der Waals surface area contributed by atoms with Crippen LogP contribution in [0.4, 0.5) is 0 Å². The fourth-order valence-electron chi connectivity index (χ4n) is 1.12. The second kappa shape index (κ2) is 3.42. The van der Waals surface area contributed by atoms with Crippen LogP contribution < -0.4 is 5.30 Å². The van der Waals surface area contributed by atoms with Crippen LogP contribution in [0.5, 0.6) is 0 Å². The molecule has 11 heavy (non-hydrogen) atoms. The molecule has 60 valence electrons. The lowest BCUT2D eigenvalue weighted by Gasteiger charge is -2.03. The van der Waals surface area contributed by atoms with Crippen molar-refractivity contribution in [1.82, 2.24) is 0 Å². The van der Waals surface area contributed by atoms with Crippen molar-refractivity contribution >= 4 is 23.7 Å². The van der Waals surface area contributed by atoms with Crippen LogP contribution >= 0.6 is 18.4 Å². The van der Waals surface area contributed by atoms with E-state index in [1.807, 2.05) is 32.0 Å². The third kappa shape index (κ3) is 1.85. The summed E-state index contributed by atoms with van der Waals surface area (Å²) in [5.74, 6) is 0. The van der Waals surface area contributed by atoms with Gasteiger partial charge in [0.15, 0.2) is 7.15 Å². The van der Waals surface area contributed by atoms with E-state index in [1.54, 1.807) is 0 Å². The Morgan fingerprint density at radius 3 is 2.00 bits per heavy atom. The number of aryl methyl sites for hydroxylation is 2. The molecule has 0 aliphatic carbocycles. The number of benzene rings is 1. The second-order valence-corrected chi connectivity index (χ2v) is 4.62. The minimum Gasteiger partial charge on any atom is -0.305 e. The summed E-state index contributed by atoms with van der Waals surface area (Å²) in [4.78, 5) is 0. The molecule has 0 amide bonds. The van der Waals surface area contributed by atoms with Gasteiger partial charge in [-0.05, 0) is 25.0 Å². The van der Waals surface area contributed by atoms with Gasteiger partial charge in [0.05, 0.1) is 0 Å². The fourth-order valence-corrected chi connectivity index (χ4v) is 2.81. The van der Waals surface area contributed by atoms with Gasteiger partial charge in [0.1, 0.15) is 0 Å². The van der Waals surface area contributed by atoms with E-state index in [0.29, 0.717) is 0 Å². The van der Waals surface area contributed by atoms with Gasteiger partial charge >= 0.3 is 0 Å². The minimum absolute atomic E-state index is 0.819. The molecule has 0 aromatic heterocycles. The summed E-state index contributed by atoms with van der Waals surface area (Å²) in [6.07, 6.45) is 0. The molecule has 1 rings (SSSR count). The van der Waals surface area contributed by atoms with Crippen LogP contribution in [0.3, 0.4) is 0 Å². The molecule has 1 aromatic carbocycles. The Balaban J connectivity index is 3.32. The number of hydrogen-bond donors (Lipinski definition) is 0. The standard InChI is InChI=1S/C8H10ClOP/c1-6-4-3-5-7(2)8(6)11(9)10/h3-5,11H,1-2H3. The zero-order chi connectivity index (χ0) is 8.43. The van der Waals surface area contributed by atoms with Gasteiger partial charge in [0.25, 0.3) is 0 Å². The van der Waals surface area contributed by atoms with E-state index < -0.39 is 7.15 Å². The van der Waals surface area contributed by atoms with Gasteiger partial charge in [-0.15, -0.1) is 0 Å². The highest BCUT2D eigenvalue weighted by molar-refractivity contribution is 7.80. The Labute approximate surface area is 72.0 Å². The number of hydrogen-bond acceptors (Lipinski definition) is 1.